The Morgan fingerprint density at radius 2 is 2.11 bits per heavy atom. The van der Waals surface area contributed by atoms with Crippen LogP contribution in [0.3, 0.4) is 0 Å². The maximum atomic E-state index is 13.2. The number of benzene rings is 1. The molecule has 0 heterocycles. The van der Waals surface area contributed by atoms with Gasteiger partial charge in [0, 0.05) is 12.1 Å². The number of halogens is 1. The highest BCUT2D eigenvalue weighted by atomic mass is 19.1. The Morgan fingerprint density at radius 3 is 2.56 bits per heavy atom. The van der Waals surface area contributed by atoms with Crippen molar-refractivity contribution < 1.29 is 14.3 Å². The second-order valence-electron chi connectivity index (χ2n) is 5.04. The molecule has 4 heteroatoms. The predicted octanol–water partition coefficient (Wildman–Crippen LogP) is 3.31. The maximum Gasteiger partial charge on any atom is 0.337 e. The Kier molecular flexibility index (Phi) is 4.11. The van der Waals surface area contributed by atoms with E-state index in [0.29, 0.717) is 12.2 Å². The van der Waals surface area contributed by atoms with Gasteiger partial charge in [0.2, 0.25) is 0 Å². The van der Waals surface area contributed by atoms with E-state index in [1.165, 1.54) is 12.1 Å². The van der Waals surface area contributed by atoms with E-state index in [0.717, 1.165) is 6.07 Å². The van der Waals surface area contributed by atoms with Crippen molar-refractivity contribution in [3.63, 3.8) is 0 Å². The molecule has 18 heavy (non-hydrogen) atoms. The Hall–Kier alpha value is -1.84. The van der Waals surface area contributed by atoms with Gasteiger partial charge in [-0.1, -0.05) is 6.08 Å². The molecule has 0 unspecified atom stereocenters. The van der Waals surface area contributed by atoms with Gasteiger partial charge in [0.15, 0.2) is 0 Å². The molecule has 1 N–H and O–H groups in total. The first-order valence-corrected chi connectivity index (χ1v) is 5.68. The van der Waals surface area contributed by atoms with Crippen molar-refractivity contribution in [3.05, 3.63) is 42.2 Å². The van der Waals surface area contributed by atoms with Crippen LogP contribution in [-0.4, -0.2) is 23.2 Å². The molecule has 0 radical (unpaired) electrons. The highest BCUT2D eigenvalue weighted by Gasteiger charge is 2.25. The van der Waals surface area contributed by atoms with Crippen molar-refractivity contribution in [1.82, 2.24) is 0 Å². The minimum Gasteiger partial charge on any atom is -0.478 e. The van der Waals surface area contributed by atoms with E-state index >= 15 is 0 Å². The smallest absolute Gasteiger partial charge is 0.337 e. The molecule has 0 spiro atoms. The molecular formula is C14H18FNO2. The summed E-state index contributed by atoms with van der Waals surface area (Å²) in [6.45, 7) is 10.1. The SMILES string of the molecule is C=CCN(c1ccc(F)cc1C(=O)O)C(C)(C)C. The van der Waals surface area contributed by atoms with E-state index in [4.69, 9.17) is 5.11 Å². The number of carboxylic acid groups (broad SMARTS) is 1. The lowest BCUT2D eigenvalue weighted by Crippen LogP contribution is -2.42. The first kappa shape index (κ1) is 14.2. The molecule has 0 aliphatic heterocycles. The number of nitrogens with zero attached hydrogens (tertiary/aromatic N) is 1. The number of anilines is 1. The molecule has 0 aliphatic rings. The zero-order chi connectivity index (χ0) is 13.9. The molecule has 0 saturated heterocycles. The van der Waals surface area contributed by atoms with Gasteiger partial charge in [0.1, 0.15) is 5.82 Å². The Labute approximate surface area is 107 Å². The van der Waals surface area contributed by atoms with Crippen LogP contribution in [0.25, 0.3) is 0 Å². The topological polar surface area (TPSA) is 40.5 Å². The van der Waals surface area contributed by atoms with Gasteiger partial charge in [0.25, 0.3) is 0 Å². The van der Waals surface area contributed by atoms with Gasteiger partial charge in [-0.25, -0.2) is 9.18 Å². The van der Waals surface area contributed by atoms with Crippen LogP contribution in [0, 0.1) is 5.82 Å². The number of carboxylic acids is 1. The standard InChI is InChI=1S/C14H18FNO2/c1-5-8-16(14(2,3)4)12-7-6-10(15)9-11(12)13(17)18/h5-7,9H,1,8H2,2-4H3,(H,17,18). The van der Waals surface area contributed by atoms with Crippen molar-refractivity contribution in [2.75, 3.05) is 11.4 Å². The summed E-state index contributed by atoms with van der Waals surface area (Å²) >= 11 is 0. The third-order valence-electron chi connectivity index (χ3n) is 2.60. The van der Waals surface area contributed by atoms with Gasteiger partial charge < -0.3 is 10.0 Å². The minimum atomic E-state index is -1.14. The summed E-state index contributed by atoms with van der Waals surface area (Å²) in [5.74, 6) is -1.69. The average molecular weight is 251 g/mol. The molecule has 3 nitrogen and oxygen atoms in total. The van der Waals surface area contributed by atoms with E-state index in [9.17, 15) is 9.18 Å². The zero-order valence-corrected chi connectivity index (χ0v) is 10.9. The lowest BCUT2D eigenvalue weighted by atomic mass is 10.0. The van der Waals surface area contributed by atoms with Gasteiger partial charge in [0.05, 0.1) is 11.3 Å². The summed E-state index contributed by atoms with van der Waals surface area (Å²) in [5.41, 5.74) is 0.180. The fourth-order valence-electron chi connectivity index (χ4n) is 1.78. The van der Waals surface area contributed by atoms with Crippen LogP contribution < -0.4 is 4.90 Å². The van der Waals surface area contributed by atoms with E-state index in [2.05, 4.69) is 6.58 Å². The summed E-state index contributed by atoms with van der Waals surface area (Å²) in [6, 6.07) is 3.80. The molecule has 0 aromatic heterocycles. The molecule has 98 valence electrons. The minimum absolute atomic E-state index is 0.0354. The van der Waals surface area contributed by atoms with Crippen LogP contribution in [0.5, 0.6) is 0 Å². The summed E-state index contributed by atoms with van der Waals surface area (Å²) in [6.07, 6.45) is 1.69. The summed E-state index contributed by atoms with van der Waals surface area (Å²) in [5, 5.41) is 9.15. The van der Waals surface area contributed by atoms with Crippen LogP contribution in [0.15, 0.2) is 30.9 Å². The Balaban J connectivity index is 3.36. The molecule has 0 amide bonds. The predicted molar refractivity (Wildman–Crippen MR) is 70.7 cm³/mol. The molecule has 1 aromatic rings. The molecule has 1 rings (SSSR count). The van der Waals surface area contributed by atoms with Crippen LogP contribution in [0.1, 0.15) is 31.1 Å². The Bertz CT molecular complexity index is 463. The fourth-order valence-corrected chi connectivity index (χ4v) is 1.78. The molecule has 0 aliphatic carbocycles. The molecule has 0 saturated carbocycles. The van der Waals surface area contributed by atoms with Gasteiger partial charge in [-0.3, -0.25) is 0 Å². The molecule has 1 aromatic carbocycles. The van der Waals surface area contributed by atoms with Gasteiger partial charge in [-0.2, -0.15) is 0 Å². The van der Waals surface area contributed by atoms with E-state index in [-0.39, 0.29) is 11.1 Å². The van der Waals surface area contributed by atoms with Crippen molar-refractivity contribution >= 4 is 11.7 Å². The summed E-state index contributed by atoms with van der Waals surface area (Å²) < 4.78 is 13.2. The highest BCUT2D eigenvalue weighted by Crippen LogP contribution is 2.28. The van der Waals surface area contributed by atoms with Gasteiger partial charge in [-0.15, -0.1) is 6.58 Å². The molecule has 0 atom stereocenters. The Morgan fingerprint density at radius 1 is 1.50 bits per heavy atom. The van der Waals surface area contributed by atoms with Crippen molar-refractivity contribution in [3.8, 4) is 0 Å². The van der Waals surface area contributed by atoms with Crippen LogP contribution in [0.4, 0.5) is 10.1 Å². The fraction of sp³-hybridized carbons (Fsp3) is 0.357. The number of aromatic carboxylic acids is 1. The average Bonchev–Trinajstić information content (AvgIpc) is 2.24. The van der Waals surface area contributed by atoms with Crippen LogP contribution >= 0.6 is 0 Å². The van der Waals surface area contributed by atoms with Crippen LogP contribution in [-0.2, 0) is 0 Å². The lowest BCUT2D eigenvalue weighted by Gasteiger charge is -2.37. The number of hydrogen-bond acceptors (Lipinski definition) is 2. The highest BCUT2D eigenvalue weighted by molar-refractivity contribution is 5.94. The third kappa shape index (κ3) is 3.09. The second-order valence-corrected chi connectivity index (χ2v) is 5.04. The first-order chi connectivity index (χ1) is 8.27. The summed E-state index contributed by atoms with van der Waals surface area (Å²) in [4.78, 5) is 13.1. The first-order valence-electron chi connectivity index (χ1n) is 5.68. The molecule has 0 fully saturated rings. The van der Waals surface area contributed by atoms with Gasteiger partial charge in [-0.05, 0) is 39.0 Å². The number of hydrogen-bond donors (Lipinski definition) is 1. The summed E-state index contributed by atoms with van der Waals surface area (Å²) in [7, 11) is 0. The second kappa shape index (κ2) is 5.21. The van der Waals surface area contributed by atoms with Crippen molar-refractivity contribution in [2.24, 2.45) is 0 Å². The van der Waals surface area contributed by atoms with Gasteiger partial charge >= 0.3 is 5.97 Å². The number of rotatable bonds is 4. The normalized spacial score (nSPS) is 11.1. The van der Waals surface area contributed by atoms with E-state index in [1.807, 2.05) is 25.7 Å². The maximum absolute atomic E-state index is 13.2. The third-order valence-corrected chi connectivity index (χ3v) is 2.60. The molecule has 0 bridgehead atoms. The monoisotopic (exact) mass is 251 g/mol. The number of carbonyl (C=O) groups is 1. The van der Waals surface area contributed by atoms with E-state index < -0.39 is 11.8 Å². The zero-order valence-electron chi connectivity index (χ0n) is 10.9. The quantitative estimate of drug-likeness (QED) is 0.834. The van der Waals surface area contributed by atoms with E-state index in [1.54, 1.807) is 6.08 Å². The largest absolute Gasteiger partial charge is 0.478 e. The van der Waals surface area contributed by atoms with Crippen LogP contribution in [0.2, 0.25) is 0 Å². The van der Waals surface area contributed by atoms with Crippen molar-refractivity contribution in [2.45, 2.75) is 26.3 Å². The molecular weight excluding hydrogens is 233 g/mol. The van der Waals surface area contributed by atoms with Crippen molar-refractivity contribution in [1.29, 1.82) is 0 Å². The lowest BCUT2D eigenvalue weighted by molar-refractivity contribution is 0.0697.